The number of nitrogens with zero attached hydrogens (tertiary/aromatic N) is 1. The second-order valence-corrected chi connectivity index (χ2v) is 14.8. The van der Waals surface area contributed by atoms with Crippen LogP contribution in [-0.2, 0) is 0 Å². The molecule has 2 aromatic heterocycles. The van der Waals surface area contributed by atoms with E-state index in [0.29, 0.717) is 0 Å². The van der Waals surface area contributed by atoms with Crippen molar-refractivity contribution in [3.8, 4) is 22.3 Å². The zero-order valence-electron chi connectivity index (χ0n) is 30.8. The monoisotopic (exact) mass is 727 g/mol. The van der Waals surface area contributed by atoms with Gasteiger partial charge in [-0.2, -0.15) is 0 Å². The number of benzene rings is 10. The van der Waals surface area contributed by atoms with Crippen molar-refractivity contribution < 1.29 is 8.83 Å². The van der Waals surface area contributed by atoms with Gasteiger partial charge in [0.15, 0.2) is 0 Å². The van der Waals surface area contributed by atoms with Crippen molar-refractivity contribution in [1.29, 1.82) is 0 Å². The van der Waals surface area contributed by atoms with Gasteiger partial charge in [-0.05, 0) is 92.8 Å². The third-order valence-electron chi connectivity index (χ3n) is 11.6. The molecule has 0 saturated heterocycles. The molecule has 0 aliphatic rings. The highest BCUT2D eigenvalue weighted by atomic mass is 16.3. The van der Waals surface area contributed by atoms with E-state index in [9.17, 15) is 0 Å². The molecule has 0 bridgehead atoms. The molecule has 3 nitrogen and oxygen atoms in total. The van der Waals surface area contributed by atoms with Crippen LogP contribution in [0.1, 0.15) is 0 Å². The van der Waals surface area contributed by atoms with E-state index in [4.69, 9.17) is 8.83 Å². The van der Waals surface area contributed by atoms with Crippen LogP contribution in [0.2, 0.25) is 0 Å². The molecule has 0 radical (unpaired) electrons. The molecule has 10 aromatic carbocycles. The molecule has 0 fully saturated rings. The van der Waals surface area contributed by atoms with Crippen LogP contribution < -0.4 is 4.90 Å². The van der Waals surface area contributed by atoms with Crippen LogP contribution in [-0.4, -0.2) is 0 Å². The number of hydrogen-bond acceptors (Lipinski definition) is 3. The Morgan fingerprint density at radius 3 is 1.58 bits per heavy atom. The molecule has 12 rings (SSSR count). The Morgan fingerprint density at radius 2 is 0.842 bits per heavy atom. The van der Waals surface area contributed by atoms with Crippen LogP contribution in [0.4, 0.5) is 17.1 Å². The maximum Gasteiger partial charge on any atom is 0.143 e. The van der Waals surface area contributed by atoms with Gasteiger partial charge in [-0.25, -0.2) is 0 Å². The zero-order valence-corrected chi connectivity index (χ0v) is 30.8. The SMILES string of the molecule is c1ccc(N(c2ccc(-c3ccc4ccccc4c3)cc2)c2cccc3oc4c5ccccc5ccc4c23)c(-c2cccc3oc4c5ccccc5ccc4c23)c1. The van der Waals surface area contributed by atoms with Gasteiger partial charge in [0, 0.05) is 38.2 Å². The Balaban J connectivity index is 1.11. The molecule has 266 valence electrons. The van der Waals surface area contributed by atoms with Crippen molar-refractivity contribution in [3.05, 3.63) is 200 Å². The van der Waals surface area contributed by atoms with Gasteiger partial charge < -0.3 is 13.7 Å². The molecule has 2 heterocycles. The molecule has 12 aromatic rings. The van der Waals surface area contributed by atoms with Gasteiger partial charge in [0.25, 0.3) is 0 Å². The fourth-order valence-corrected chi connectivity index (χ4v) is 8.98. The number of anilines is 3. The van der Waals surface area contributed by atoms with Gasteiger partial charge in [0.05, 0.1) is 16.8 Å². The lowest BCUT2D eigenvalue weighted by molar-refractivity contribution is 0.672. The Morgan fingerprint density at radius 1 is 0.316 bits per heavy atom. The maximum absolute atomic E-state index is 6.75. The molecule has 0 aliphatic heterocycles. The fraction of sp³-hybridized carbons (Fsp3) is 0. The highest BCUT2D eigenvalue weighted by Gasteiger charge is 2.24. The molecule has 0 amide bonds. The summed E-state index contributed by atoms with van der Waals surface area (Å²) in [5.74, 6) is 0. The molecule has 0 saturated carbocycles. The molecule has 0 unspecified atom stereocenters. The summed E-state index contributed by atoms with van der Waals surface area (Å²) in [4.78, 5) is 2.41. The summed E-state index contributed by atoms with van der Waals surface area (Å²) in [7, 11) is 0. The Hall–Kier alpha value is -7.62. The zero-order chi connectivity index (χ0) is 37.5. The highest BCUT2D eigenvalue weighted by Crippen LogP contribution is 2.49. The van der Waals surface area contributed by atoms with E-state index < -0.39 is 0 Å². The molecule has 3 heteroatoms. The minimum atomic E-state index is 0.851. The van der Waals surface area contributed by atoms with E-state index in [1.54, 1.807) is 0 Å². The first-order chi connectivity index (χ1) is 28.3. The summed E-state index contributed by atoms with van der Waals surface area (Å²) >= 11 is 0. The van der Waals surface area contributed by atoms with Crippen LogP contribution >= 0.6 is 0 Å². The first-order valence-corrected chi connectivity index (χ1v) is 19.4. The third-order valence-corrected chi connectivity index (χ3v) is 11.6. The van der Waals surface area contributed by atoms with Crippen molar-refractivity contribution in [2.75, 3.05) is 4.90 Å². The summed E-state index contributed by atoms with van der Waals surface area (Å²) in [6.45, 7) is 0. The second kappa shape index (κ2) is 12.5. The molecule has 57 heavy (non-hydrogen) atoms. The number of rotatable bonds is 5. The predicted molar refractivity (Wildman–Crippen MR) is 239 cm³/mol. The summed E-state index contributed by atoms with van der Waals surface area (Å²) in [5.41, 5.74) is 11.3. The molecule has 0 N–H and O–H groups in total. The molecule has 0 atom stereocenters. The van der Waals surface area contributed by atoms with E-state index in [1.165, 1.54) is 16.3 Å². The average Bonchev–Trinajstić information content (AvgIpc) is 3.87. The van der Waals surface area contributed by atoms with Crippen LogP contribution in [0, 0.1) is 0 Å². The lowest BCUT2D eigenvalue weighted by Crippen LogP contribution is -2.11. The van der Waals surface area contributed by atoms with Crippen LogP contribution in [0.5, 0.6) is 0 Å². The summed E-state index contributed by atoms with van der Waals surface area (Å²) in [6, 6.07) is 71.5. The number of fused-ring (bicyclic) bond motifs is 11. The Kier molecular flexibility index (Phi) is 6.93. The van der Waals surface area contributed by atoms with Crippen molar-refractivity contribution in [1.82, 2.24) is 0 Å². The quantitative estimate of drug-likeness (QED) is 0.177. The van der Waals surface area contributed by atoms with Crippen LogP contribution in [0.15, 0.2) is 209 Å². The predicted octanol–water partition coefficient (Wildman–Crippen LogP) is 15.7. The van der Waals surface area contributed by atoms with Crippen molar-refractivity contribution in [3.63, 3.8) is 0 Å². The number of hydrogen-bond donors (Lipinski definition) is 0. The lowest BCUT2D eigenvalue weighted by Gasteiger charge is -2.29. The van der Waals surface area contributed by atoms with Gasteiger partial charge in [-0.1, -0.05) is 146 Å². The minimum absolute atomic E-state index is 0.851. The summed E-state index contributed by atoms with van der Waals surface area (Å²) in [5, 5.41) is 11.4. The van der Waals surface area contributed by atoms with E-state index in [0.717, 1.165) is 99.2 Å². The molecule has 0 spiro atoms. The Bertz CT molecular complexity index is 3530. The smallest absolute Gasteiger partial charge is 0.143 e. The molecule has 0 aliphatic carbocycles. The van der Waals surface area contributed by atoms with Crippen molar-refractivity contribution in [2.45, 2.75) is 0 Å². The summed E-state index contributed by atoms with van der Waals surface area (Å²) in [6.07, 6.45) is 0. The van der Waals surface area contributed by atoms with E-state index in [-0.39, 0.29) is 0 Å². The summed E-state index contributed by atoms with van der Waals surface area (Å²) < 4.78 is 13.4. The second-order valence-electron chi connectivity index (χ2n) is 14.8. The van der Waals surface area contributed by atoms with Crippen LogP contribution in [0.3, 0.4) is 0 Å². The topological polar surface area (TPSA) is 29.5 Å². The standard InChI is InChI=1S/C54H33NO2/c1-2-14-38-33-39(24-23-34(38)11-1)35-25-29-40(30-26-35)55(48-20-10-22-50-52(48)46-32-28-37-13-4-6-16-42(37)54(46)57-50)47-19-8-7-17-43(47)44-18-9-21-49-51(44)45-31-27-36-12-3-5-15-41(36)53(45)56-49/h1-33H. The van der Waals surface area contributed by atoms with Gasteiger partial charge >= 0.3 is 0 Å². The normalized spacial score (nSPS) is 11.9. The number of para-hydroxylation sites is 1. The average molecular weight is 728 g/mol. The van der Waals surface area contributed by atoms with E-state index >= 15 is 0 Å². The lowest BCUT2D eigenvalue weighted by atomic mass is 9.95. The number of furan rings is 2. The minimum Gasteiger partial charge on any atom is -0.455 e. The van der Waals surface area contributed by atoms with Crippen molar-refractivity contribution in [2.24, 2.45) is 0 Å². The largest absolute Gasteiger partial charge is 0.455 e. The van der Waals surface area contributed by atoms with E-state index in [2.05, 4.69) is 205 Å². The third kappa shape index (κ3) is 4.92. The van der Waals surface area contributed by atoms with E-state index in [1.807, 2.05) is 0 Å². The Labute approximate surface area is 328 Å². The van der Waals surface area contributed by atoms with Crippen LogP contribution in [0.25, 0.3) is 98.4 Å². The van der Waals surface area contributed by atoms with Gasteiger partial charge in [0.1, 0.15) is 22.3 Å². The molecular weight excluding hydrogens is 695 g/mol. The fourth-order valence-electron chi connectivity index (χ4n) is 8.98. The molecular formula is C54H33NO2. The first-order valence-electron chi connectivity index (χ1n) is 19.4. The van der Waals surface area contributed by atoms with Gasteiger partial charge in [-0.3, -0.25) is 0 Å². The van der Waals surface area contributed by atoms with Crippen molar-refractivity contribution >= 4 is 93.3 Å². The highest BCUT2D eigenvalue weighted by molar-refractivity contribution is 6.22. The first kappa shape index (κ1) is 31.7. The van der Waals surface area contributed by atoms with Gasteiger partial charge in [-0.15, -0.1) is 0 Å². The van der Waals surface area contributed by atoms with Gasteiger partial charge in [0.2, 0.25) is 0 Å². The maximum atomic E-state index is 6.75.